The van der Waals surface area contributed by atoms with E-state index in [1.54, 1.807) is 31.2 Å². The van der Waals surface area contributed by atoms with E-state index in [1.807, 2.05) is 6.07 Å². The predicted molar refractivity (Wildman–Crippen MR) is 47.9 cm³/mol. The molecule has 0 unspecified atom stereocenters. The summed E-state index contributed by atoms with van der Waals surface area (Å²) in [5, 5.41) is 0.479. The lowest BCUT2D eigenvalue weighted by molar-refractivity contribution is 0.173. The van der Waals surface area contributed by atoms with Gasteiger partial charge in [0.2, 0.25) is 0 Å². The van der Waals surface area contributed by atoms with Gasteiger partial charge in [0, 0.05) is 11.8 Å². The lowest BCUT2D eigenvalue weighted by Gasteiger charge is -2.16. The Morgan fingerprint density at radius 1 is 1.25 bits per heavy atom. The molecule has 0 aliphatic heterocycles. The Hall–Kier alpha value is -0.683. The standard InChI is InChI=1S/C8H12O3Si/c1-2-11-12(9,10)8-6-4-3-5-7-8/h3-7,9-10H,2H2,1H3. The highest BCUT2D eigenvalue weighted by molar-refractivity contribution is 6.72. The molecular weight excluding hydrogens is 172 g/mol. The molecule has 12 heavy (non-hydrogen) atoms. The van der Waals surface area contributed by atoms with Crippen molar-refractivity contribution in [3.05, 3.63) is 30.3 Å². The van der Waals surface area contributed by atoms with Gasteiger partial charge in [-0.05, 0) is 6.92 Å². The van der Waals surface area contributed by atoms with Crippen LogP contribution in [0.25, 0.3) is 0 Å². The van der Waals surface area contributed by atoms with Crippen molar-refractivity contribution in [2.24, 2.45) is 0 Å². The van der Waals surface area contributed by atoms with E-state index in [0.717, 1.165) is 0 Å². The zero-order valence-corrected chi connectivity index (χ0v) is 7.90. The number of hydrogen-bond donors (Lipinski definition) is 2. The van der Waals surface area contributed by atoms with Crippen molar-refractivity contribution in [3.8, 4) is 0 Å². The zero-order valence-electron chi connectivity index (χ0n) is 6.90. The molecule has 0 radical (unpaired) electrons. The Bertz CT molecular complexity index is 235. The van der Waals surface area contributed by atoms with Crippen molar-refractivity contribution in [1.29, 1.82) is 0 Å². The average molecular weight is 184 g/mol. The molecule has 0 spiro atoms. The fourth-order valence-electron chi connectivity index (χ4n) is 0.940. The molecule has 0 saturated heterocycles. The molecule has 0 aromatic heterocycles. The molecule has 0 saturated carbocycles. The van der Waals surface area contributed by atoms with Gasteiger partial charge in [-0.3, -0.25) is 0 Å². The fourth-order valence-corrected chi connectivity index (χ4v) is 2.14. The molecule has 0 bridgehead atoms. The van der Waals surface area contributed by atoms with Gasteiger partial charge in [0.15, 0.2) is 0 Å². The summed E-state index contributed by atoms with van der Waals surface area (Å²) in [5.74, 6) is 0. The second-order valence-corrected chi connectivity index (χ2v) is 4.49. The van der Waals surface area contributed by atoms with E-state index < -0.39 is 8.80 Å². The van der Waals surface area contributed by atoms with Crippen LogP contribution in [0.4, 0.5) is 0 Å². The third kappa shape index (κ3) is 2.15. The topological polar surface area (TPSA) is 49.7 Å². The molecule has 1 rings (SSSR count). The summed E-state index contributed by atoms with van der Waals surface area (Å²) in [6.45, 7) is 2.05. The fraction of sp³-hybridized carbons (Fsp3) is 0.250. The van der Waals surface area contributed by atoms with Crippen LogP contribution in [0.15, 0.2) is 30.3 Å². The van der Waals surface area contributed by atoms with Crippen LogP contribution < -0.4 is 5.19 Å². The molecule has 1 aromatic rings. The van der Waals surface area contributed by atoms with Gasteiger partial charge in [0.1, 0.15) is 0 Å². The van der Waals surface area contributed by atoms with Crippen molar-refractivity contribution in [1.82, 2.24) is 0 Å². The van der Waals surface area contributed by atoms with Crippen molar-refractivity contribution in [2.75, 3.05) is 6.61 Å². The van der Waals surface area contributed by atoms with Crippen LogP contribution in [0.5, 0.6) is 0 Å². The maximum absolute atomic E-state index is 9.46. The Kier molecular flexibility index (Phi) is 2.99. The van der Waals surface area contributed by atoms with E-state index >= 15 is 0 Å². The first-order valence-electron chi connectivity index (χ1n) is 3.81. The normalized spacial score (nSPS) is 11.6. The van der Waals surface area contributed by atoms with Gasteiger partial charge in [-0.1, -0.05) is 30.3 Å². The summed E-state index contributed by atoms with van der Waals surface area (Å²) in [5.41, 5.74) is 0. The quantitative estimate of drug-likeness (QED) is 0.643. The first kappa shape index (κ1) is 9.41. The summed E-state index contributed by atoms with van der Waals surface area (Å²) < 4.78 is 4.87. The molecule has 0 aliphatic rings. The summed E-state index contributed by atoms with van der Waals surface area (Å²) in [4.78, 5) is 18.9. The van der Waals surface area contributed by atoms with Crippen LogP contribution in [0.2, 0.25) is 0 Å². The summed E-state index contributed by atoms with van der Waals surface area (Å²) in [7, 11) is -3.58. The molecular formula is C8H12O3Si. The molecule has 0 aliphatic carbocycles. The van der Waals surface area contributed by atoms with Crippen LogP contribution in [-0.2, 0) is 4.43 Å². The second-order valence-electron chi connectivity index (χ2n) is 2.41. The van der Waals surface area contributed by atoms with Crippen molar-refractivity contribution in [2.45, 2.75) is 6.92 Å². The molecule has 4 heteroatoms. The largest absolute Gasteiger partial charge is 0.531 e. The van der Waals surface area contributed by atoms with Crippen LogP contribution in [0, 0.1) is 0 Å². The van der Waals surface area contributed by atoms with Gasteiger partial charge in [-0.2, -0.15) is 0 Å². The monoisotopic (exact) mass is 184 g/mol. The highest BCUT2D eigenvalue weighted by Crippen LogP contribution is 1.96. The molecule has 0 fully saturated rings. The van der Waals surface area contributed by atoms with Gasteiger partial charge in [-0.15, -0.1) is 0 Å². The Labute approximate surface area is 72.6 Å². The SMILES string of the molecule is CCO[Si](O)(O)c1ccccc1. The maximum Gasteiger partial charge on any atom is 0.531 e. The molecule has 0 atom stereocenters. The number of rotatable bonds is 3. The lowest BCUT2D eigenvalue weighted by atomic mass is 10.4. The number of hydrogen-bond acceptors (Lipinski definition) is 3. The van der Waals surface area contributed by atoms with Crippen molar-refractivity contribution < 1.29 is 14.0 Å². The Morgan fingerprint density at radius 3 is 2.33 bits per heavy atom. The van der Waals surface area contributed by atoms with Gasteiger partial charge in [-0.25, -0.2) is 0 Å². The maximum atomic E-state index is 9.46. The molecule has 3 nitrogen and oxygen atoms in total. The van der Waals surface area contributed by atoms with E-state index in [9.17, 15) is 9.59 Å². The highest BCUT2D eigenvalue weighted by atomic mass is 28.4. The van der Waals surface area contributed by atoms with E-state index in [2.05, 4.69) is 0 Å². The summed E-state index contributed by atoms with van der Waals surface area (Å²) in [6.07, 6.45) is 0. The molecule has 0 amide bonds. The van der Waals surface area contributed by atoms with Crippen LogP contribution >= 0.6 is 0 Å². The summed E-state index contributed by atoms with van der Waals surface area (Å²) >= 11 is 0. The molecule has 2 N–H and O–H groups in total. The van der Waals surface area contributed by atoms with Crippen molar-refractivity contribution in [3.63, 3.8) is 0 Å². The van der Waals surface area contributed by atoms with E-state index in [-0.39, 0.29) is 0 Å². The van der Waals surface area contributed by atoms with E-state index in [0.29, 0.717) is 11.8 Å². The Morgan fingerprint density at radius 2 is 1.83 bits per heavy atom. The minimum absolute atomic E-state index is 0.314. The van der Waals surface area contributed by atoms with Crippen LogP contribution in [-0.4, -0.2) is 25.0 Å². The van der Waals surface area contributed by atoms with Crippen LogP contribution in [0.3, 0.4) is 0 Å². The lowest BCUT2D eigenvalue weighted by Crippen LogP contribution is -2.51. The molecule has 1 aromatic carbocycles. The van der Waals surface area contributed by atoms with Gasteiger partial charge < -0.3 is 14.0 Å². The van der Waals surface area contributed by atoms with Gasteiger partial charge in [0.05, 0.1) is 0 Å². The highest BCUT2D eigenvalue weighted by Gasteiger charge is 2.34. The van der Waals surface area contributed by atoms with Crippen molar-refractivity contribution >= 4 is 14.0 Å². The van der Waals surface area contributed by atoms with E-state index in [1.165, 1.54) is 0 Å². The van der Waals surface area contributed by atoms with Crippen LogP contribution in [0.1, 0.15) is 6.92 Å². The molecule has 66 valence electrons. The smallest absolute Gasteiger partial charge is 0.386 e. The minimum atomic E-state index is -3.58. The third-order valence-electron chi connectivity index (χ3n) is 1.50. The first-order valence-corrected chi connectivity index (χ1v) is 5.61. The number of benzene rings is 1. The Balaban J connectivity index is 2.82. The first-order chi connectivity index (χ1) is 5.67. The average Bonchev–Trinajstić information content (AvgIpc) is 2.06. The third-order valence-corrected chi connectivity index (χ3v) is 3.27. The summed E-state index contributed by atoms with van der Waals surface area (Å²) in [6, 6.07) is 8.63. The second kappa shape index (κ2) is 3.82. The zero-order chi connectivity index (χ0) is 9.03. The van der Waals surface area contributed by atoms with E-state index in [4.69, 9.17) is 4.43 Å². The van der Waals surface area contributed by atoms with Gasteiger partial charge >= 0.3 is 8.80 Å². The van der Waals surface area contributed by atoms with Gasteiger partial charge in [0.25, 0.3) is 0 Å². The minimum Gasteiger partial charge on any atom is -0.386 e. The molecule has 0 heterocycles. The predicted octanol–water partition coefficient (Wildman–Crippen LogP) is -0.146.